The van der Waals surface area contributed by atoms with Crippen LogP contribution in [0.5, 0.6) is 11.9 Å². The summed E-state index contributed by atoms with van der Waals surface area (Å²) in [4.78, 5) is 23.6. The first-order valence-electron chi connectivity index (χ1n) is 11.9. The maximum absolute atomic E-state index is 14.6. The summed E-state index contributed by atoms with van der Waals surface area (Å²) in [6.07, 6.45) is -2.10. The molecule has 0 radical (unpaired) electrons. The number of ether oxygens (including phenoxy) is 4. The van der Waals surface area contributed by atoms with Crippen LogP contribution in [0.2, 0.25) is 5.02 Å². The van der Waals surface area contributed by atoms with Crippen LogP contribution in [0.4, 0.5) is 8.78 Å². The Bertz CT molecular complexity index is 1320. The molecule has 0 saturated carbocycles. The van der Waals surface area contributed by atoms with Crippen LogP contribution in [0.1, 0.15) is 22.8 Å². The van der Waals surface area contributed by atoms with Crippen LogP contribution >= 0.6 is 11.6 Å². The van der Waals surface area contributed by atoms with Gasteiger partial charge in [0.25, 0.3) is 11.9 Å². The van der Waals surface area contributed by atoms with Crippen LogP contribution < -0.4 is 14.8 Å². The number of amides is 1. The first-order valence-corrected chi connectivity index (χ1v) is 12.2. The fraction of sp³-hybridized carbons (Fsp3) is 0.458. The number of carbonyl (C=O) groups is 1. The lowest BCUT2D eigenvalue weighted by molar-refractivity contribution is 0.00706. The number of nitrogens with one attached hydrogen (secondary N) is 2. The lowest BCUT2D eigenvalue weighted by Crippen LogP contribution is -2.34. The highest BCUT2D eigenvalue weighted by Crippen LogP contribution is 2.31. The predicted octanol–water partition coefficient (Wildman–Crippen LogP) is 1.73. The van der Waals surface area contributed by atoms with Gasteiger partial charge in [-0.1, -0.05) is 18.5 Å². The third kappa shape index (κ3) is 5.38. The Labute approximate surface area is 220 Å². The van der Waals surface area contributed by atoms with Crippen molar-refractivity contribution in [3.8, 4) is 11.9 Å². The van der Waals surface area contributed by atoms with Gasteiger partial charge in [0, 0.05) is 18.7 Å². The van der Waals surface area contributed by atoms with E-state index in [1.807, 2.05) is 0 Å². The van der Waals surface area contributed by atoms with Crippen LogP contribution in [-0.2, 0) is 16.1 Å². The first-order chi connectivity index (χ1) is 18.2. The molecule has 2 aliphatic heterocycles. The molecule has 14 heteroatoms. The van der Waals surface area contributed by atoms with Gasteiger partial charge >= 0.3 is 0 Å². The minimum Gasteiger partial charge on any atom is -0.471 e. The molecule has 4 N–H and O–H groups in total. The summed E-state index contributed by atoms with van der Waals surface area (Å²) in [7, 11) is 0. The summed E-state index contributed by atoms with van der Waals surface area (Å²) in [5.74, 6) is -2.93. The average molecular weight is 555 g/mol. The van der Waals surface area contributed by atoms with E-state index >= 15 is 0 Å². The number of pyridine rings is 1. The monoisotopic (exact) mass is 554 g/mol. The van der Waals surface area contributed by atoms with Crippen LogP contribution in [0.25, 0.3) is 11.2 Å². The molecule has 1 aromatic carbocycles. The highest BCUT2D eigenvalue weighted by atomic mass is 35.5. The molecular formula is C24H25ClF2N4O7. The van der Waals surface area contributed by atoms with Gasteiger partial charge in [-0.25, -0.2) is 8.78 Å². The Hall–Kier alpha value is -3.10. The van der Waals surface area contributed by atoms with Crippen LogP contribution in [-0.4, -0.2) is 81.9 Å². The van der Waals surface area contributed by atoms with Gasteiger partial charge in [-0.2, -0.15) is 9.97 Å². The molecule has 3 aromatic rings. The fourth-order valence-corrected chi connectivity index (χ4v) is 4.38. The Balaban J connectivity index is 1.26. The third-order valence-corrected chi connectivity index (χ3v) is 6.57. The number of benzene rings is 1. The van der Waals surface area contributed by atoms with Gasteiger partial charge < -0.3 is 39.5 Å². The van der Waals surface area contributed by atoms with E-state index in [9.17, 15) is 18.7 Å². The van der Waals surface area contributed by atoms with E-state index in [2.05, 4.69) is 20.3 Å². The van der Waals surface area contributed by atoms with E-state index in [-0.39, 0.29) is 60.4 Å². The molecule has 2 saturated heterocycles. The molecule has 2 aliphatic rings. The van der Waals surface area contributed by atoms with Crippen molar-refractivity contribution in [2.45, 2.75) is 37.9 Å². The zero-order chi connectivity index (χ0) is 27.0. The lowest BCUT2D eigenvalue weighted by Gasteiger charge is -2.15. The number of carbonyl (C=O) groups excluding carboxylic acids is 1. The Morgan fingerprint density at radius 1 is 1.24 bits per heavy atom. The summed E-state index contributed by atoms with van der Waals surface area (Å²) in [6, 6.07) is 3.41. The molecule has 2 unspecified atom stereocenters. The van der Waals surface area contributed by atoms with Gasteiger partial charge in [-0.05, 0) is 24.1 Å². The quantitative estimate of drug-likeness (QED) is 0.310. The molecule has 0 aliphatic carbocycles. The minimum atomic E-state index is -0.977. The normalized spacial score (nSPS) is 23.4. The number of nitrogens with zero attached hydrogens (tertiary/aromatic N) is 2. The summed E-state index contributed by atoms with van der Waals surface area (Å²) >= 11 is 6.25. The van der Waals surface area contributed by atoms with Gasteiger partial charge in [0.05, 0.1) is 24.3 Å². The topological polar surface area (TPSA) is 148 Å². The second kappa shape index (κ2) is 10.9. The molecule has 2 fully saturated rings. The molecule has 1 amide bonds. The summed E-state index contributed by atoms with van der Waals surface area (Å²) in [6.45, 7) is 1.56. The van der Waals surface area contributed by atoms with Crippen LogP contribution in [0.15, 0.2) is 18.2 Å². The van der Waals surface area contributed by atoms with E-state index < -0.39 is 54.1 Å². The van der Waals surface area contributed by atoms with Crippen molar-refractivity contribution in [1.29, 1.82) is 0 Å². The SMILES string of the molecule is C[C@H](CO)CNC(=O)c1cc(F)c(COc2nc3nc(O[C@@H]4COC5C4OC[C@H]5O)[nH]c3cc2Cl)c(F)c1. The number of aromatic amines is 1. The van der Waals surface area contributed by atoms with Crippen molar-refractivity contribution < 1.29 is 42.7 Å². The maximum atomic E-state index is 14.6. The molecular weight excluding hydrogens is 530 g/mol. The highest BCUT2D eigenvalue weighted by Gasteiger charge is 2.48. The summed E-state index contributed by atoms with van der Waals surface area (Å²) in [5.41, 5.74) is 0.00610. The minimum absolute atomic E-state index is 0.0639. The van der Waals surface area contributed by atoms with E-state index in [1.54, 1.807) is 6.92 Å². The van der Waals surface area contributed by atoms with Crippen molar-refractivity contribution in [2.75, 3.05) is 26.4 Å². The van der Waals surface area contributed by atoms with Crippen molar-refractivity contribution >= 4 is 28.7 Å². The molecule has 204 valence electrons. The van der Waals surface area contributed by atoms with Gasteiger partial charge in [0.1, 0.15) is 41.6 Å². The van der Waals surface area contributed by atoms with Gasteiger partial charge in [0.15, 0.2) is 11.8 Å². The number of aliphatic hydroxyl groups is 2. The number of aromatic nitrogens is 3. The number of halogens is 3. The van der Waals surface area contributed by atoms with Gasteiger partial charge in [-0.15, -0.1) is 0 Å². The van der Waals surface area contributed by atoms with Crippen LogP contribution in [0, 0.1) is 17.6 Å². The predicted molar refractivity (Wildman–Crippen MR) is 128 cm³/mol. The first kappa shape index (κ1) is 26.5. The molecule has 2 aromatic heterocycles. The number of H-pyrrole nitrogens is 1. The van der Waals surface area contributed by atoms with Gasteiger partial charge in [-0.3, -0.25) is 4.79 Å². The fourth-order valence-electron chi connectivity index (χ4n) is 4.17. The number of hydrogen-bond donors (Lipinski definition) is 4. The molecule has 0 bridgehead atoms. The van der Waals surface area contributed by atoms with E-state index in [4.69, 9.17) is 35.7 Å². The van der Waals surface area contributed by atoms with E-state index in [0.29, 0.717) is 5.52 Å². The number of aliphatic hydroxyl groups excluding tert-OH is 2. The zero-order valence-electron chi connectivity index (χ0n) is 20.1. The van der Waals surface area contributed by atoms with Crippen molar-refractivity contribution in [1.82, 2.24) is 20.3 Å². The molecule has 5 atom stereocenters. The Morgan fingerprint density at radius 2 is 1.97 bits per heavy atom. The van der Waals surface area contributed by atoms with E-state index in [0.717, 1.165) is 12.1 Å². The summed E-state index contributed by atoms with van der Waals surface area (Å²) in [5, 5.41) is 21.5. The average Bonchev–Trinajstić information content (AvgIpc) is 3.58. The maximum Gasteiger partial charge on any atom is 0.296 e. The number of fused-ring (bicyclic) bond motifs is 2. The molecule has 0 spiro atoms. The van der Waals surface area contributed by atoms with Crippen molar-refractivity contribution in [2.24, 2.45) is 5.92 Å². The zero-order valence-corrected chi connectivity index (χ0v) is 20.9. The molecule has 11 nitrogen and oxygen atoms in total. The molecule has 38 heavy (non-hydrogen) atoms. The largest absolute Gasteiger partial charge is 0.471 e. The summed E-state index contributed by atoms with van der Waals surface area (Å²) < 4.78 is 51.7. The molecule has 5 rings (SSSR count). The Morgan fingerprint density at radius 3 is 2.71 bits per heavy atom. The standard InChI is InChI=1S/C24H25ClF2N4O7/c1-10(6-32)5-28-22(34)11-2-14(26)12(15(27)3-11)7-37-23-13(25)4-16-21(30-23)31-24(29-16)38-18-9-36-19-17(33)8-35-20(18)19/h2-4,10,17-20,32-33H,5-9H2,1H3,(H,28,34)(H,29,30,31)/t10-,17+,18+,19?,20?/m0/s1. The second-order valence-corrected chi connectivity index (χ2v) is 9.62. The Kier molecular flexibility index (Phi) is 7.63. The number of rotatable bonds is 9. The number of imidazole rings is 1. The molecule has 4 heterocycles. The highest BCUT2D eigenvalue weighted by molar-refractivity contribution is 6.32. The number of hydrogen-bond acceptors (Lipinski definition) is 9. The van der Waals surface area contributed by atoms with Gasteiger partial charge in [0.2, 0.25) is 5.88 Å². The second-order valence-electron chi connectivity index (χ2n) is 9.21. The lowest BCUT2D eigenvalue weighted by atomic mass is 10.1. The smallest absolute Gasteiger partial charge is 0.296 e. The van der Waals surface area contributed by atoms with Crippen molar-refractivity contribution in [3.05, 3.63) is 46.0 Å². The van der Waals surface area contributed by atoms with E-state index in [1.165, 1.54) is 6.07 Å². The van der Waals surface area contributed by atoms with Crippen LogP contribution in [0.3, 0.4) is 0 Å². The third-order valence-electron chi connectivity index (χ3n) is 6.30. The van der Waals surface area contributed by atoms with Crippen molar-refractivity contribution in [3.63, 3.8) is 0 Å².